The van der Waals surface area contributed by atoms with Gasteiger partial charge in [-0.25, -0.2) is 12.8 Å². The second-order valence-electron chi connectivity index (χ2n) is 6.96. The van der Waals surface area contributed by atoms with Crippen molar-refractivity contribution in [1.82, 2.24) is 9.62 Å². The Balaban J connectivity index is 0.00000261. The fourth-order valence-corrected chi connectivity index (χ4v) is 4.74. The smallest absolute Gasteiger partial charge is 0.246 e. The highest BCUT2D eigenvalue weighted by Gasteiger charge is 2.32. The van der Waals surface area contributed by atoms with Crippen LogP contribution in [0.5, 0.6) is 5.75 Å². The lowest BCUT2D eigenvalue weighted by molar-refractivity contribution is 0.144. The van der Waals surface area contributed by atoms with E-state index in [4.69, 9.17) is 9.47 Å². The first kappa shape index (κ1) is 22.4. The third-order valence-electron chi connectivity index (χ3n) is 4.91. The van der Waals surface area contributed by atoms with Gasteiger partial charge in [0.2, 0.25) is 10.0 Å². The number of nitrogens with one attached hydrogen (secondary N) is 1. The van der Waals surface area contributed by atoms with Crippen LogP contribution >= 0.6 is 12.4 Å². The Morgan fingerprint density at radius 3 is 2.52 bits per heavy atom. The molecule has 1 aromatic carbocycles. The van der Waals surface area contributed by atoms with Crippen molar-refractivity contribution in [3.63, 3.8) is 0 Å². The van der Waals surface area contributed by atoms with E-state index in [1.54, 1.807) is 0 Å². The van der Waals surface area contributed by atoms with Crippen LogP contribution in [-0.2, 0) is 14.8 Å². The molecule has 0 radical (unpaired) electrons. The molecule has 27 heavy (non-hydrogen) atoms. The molecule has 1 aliphatic heterocycles. The average Bonchev–Trinajstić information content (AvgIpc) is 3.46. The maximum absolute atomic E-state index is 13.7. The average molecular weight is 423 g/mol. The highest BCUT2D eigenvalue weighted by atomic mass is 35.5. The molecule has 6 nitrogen and oxygen atoms in total. The van der Waals surface area contributed by atoms with Crippen molar-refractivity contribution < 1.29 is 22.3 Å². The summed E-state index contributed by atoms with van der Waals surface area (Å²) in [5.41, 5.74) is 0. The lowest BCUT2D eigenvalue weighted by Gasteiger charge is -2.32. The SMILES string of the molecule is COCCOc1ccc(F)cc1S(=O)(=O)N1CCC(NCC2CC2)CC1.Cl. The van der Waals surface area contributed by atoms with E-state index in [-0.39, 0.29) is 29.7 Å². The van der Waals surface area contributed by atoms with Gasteiger partial charge in [0.1, 0.15) is 23.1 Å². The Kier molecular flexibility index (Phi) is 8.30. The van der Waals surface area contributed by atoms with Gasteiger partial charge in [-0.2, -0.15) is 4.31 Å². The molecule has 0 unspecified atom stereocenters. The van der Waals surface area contributed by atoms with E-state index < -0.39 is 15.8 Å². The van der Waals surface area contributed by atoms with Gasteiger partial charge in [0, 0.05) is 26.2 Å². The van der Waals surface area contributed by atoms with Crippen molar-refractivity contribution in [3.05, 3.63) is 24.0 Å². The van der Waals surface area contributed by atoms with Gasteiger partial charge >= 0.3 is 0 Å². The fraction of sp³-hybridized carbons (Fsp3) is 0.667. The molecule has 154 valence electrons. The third-order valence-corrected chi connectivity index (χ3v) is 6.83. The van der Waals surface area contributed by atoms with Gasteiger partial charge in [0.05, 0.1) is 6.61 Å². The van der Waals surface area contributed by atoms with Crippen LogP contribution in [0.2, 0.25) is 0 Å². The van der Waals surface area contributed by atoms with Gasteiger partial charge in [0.25, 0.3) is 0 Å². The van der Waals surface area contributed by atoms with Gasteiger partial charge in [0.15, 0.2) is 0 Å². The molecule has 9 heteroatoms. The summed E-state index contributed by atoms with van der Waals surface area (Å²) in [6.45, 7) is 2.42. The number of halogens is 2. The maximum atomic E-state index is 13.7. The summed E-state index contributed by atoms with van der Waals surface area (Å²) in [4.78, 5) is -0.113. The second-order valence-corrected chi connectivity index (χ2v) is 8.87. The number of nitrogens with zero attached hydrogens (tertiary/aromatic N) is 1. The van der Waals surface area contributed by atoms with Crippen molar-refractivity contribution in [2.75, 3.05) is 40.0 Å². The Morgan fingerprint density at radius 1 is 1.19 bits per heavy atom. The zero-order chi connectivity index (χ0) is 18.6. The summed E-state index contributed by atoms with van der Waals surface area (Å²) in [5.74, 6) is 0.372. The first-order valence-electron chi connectivity index (χ1n) is 9.15. The molecular weight excluding hydrogens is 395 g/mol. The molecule has 0 aromatic heterocycles. The molecule has 1 aliphatic carbocycles. The number of sulfonamides is 1. The van der Waals surface area contributed by atoms with Crippen LogP contribution in [0.1, 0.15) is 25.7 Å². The summed E-state index contributed by atoms with van der Waals surface area (Å²) in [7, 11) is -2.26. The second kappa shape index (κ2) is 10.0. The Bertz CT molecular complexity index is 707. The maximum Gasteiger partial charge on any atom is 0.246 e. The summed E-state index contributed by atoms with van der Waals surface area (Å²) in [5, 5.41) is 3.53. The lowest BCUT2D eigenvalue weighted by atomic mass is 10.1. The summed E-state index contributed by atoms with van der Waals surface area (Å²) < 4.78 is 51.6. The molecule has 3 rings (SSSR count). The quantitative estimate of drug-likeness (QED) is 0.619. The van der Waals surface area contributed by atoms with Crippen molar-refractivity contribution >= 4 is 22.4 Å². The third kappa shape index (κ3) is 6.02. The summed E-state index contributed by atoms with van der Waals surface area (Å²) in [6, 6.07) is 3.96. The molecule has 0 bridgehead atoms. The van der Waals surface area contributed by atoms with Gasteiger partial charge in [-0.15, -0.1) is 12.4 Å². The van der Waals surface area contributed by atoms with Crippen LogP contribution in [0.15, 0.2) is 23.1 Å². The van der Waals surface area contributed by atoms with E-state index in [0.29, 0.717) is 25.7 Å². The molecule has 0 spiro atoms. The van der Waals surface area contributed by atoms with Crippen molar-refractivity contribution in [1.29, 1.82) is 0 Å². The Hall–Kier alpha value is -0.930. The zero-order valence-corrected chi connectivity index (χ0v) is 17.2. The summed E-state index contributed by atoms with van der Waals surface area (Å²) >= 11 is 0. The lowest BCUT2D eigenvalue weighted by Crippen LogP contribution is -2.45. The number of piperidine rings is 1. The molecule has 1 N–H and O–H groups in total. The van der Waals surface area contributed by atoms with E-state index >= 15 is 0 Å². The number of ether oxygens (including phenoxy) is 2. The first-order valence-corrected chi connectivity index (χ1v) is 10.6. The molecule has 2 aliphatic rings. The van der Waals surface area contributed by atoms with E-state index in [2.05, 4.69) is 5.32 Å². The molecule has 0 amide bonds. The monoisotopic (exact) mass is 422 g/mol. The van der Waals surface area contributed by atoms with Crippen LogP contribution in [0.3, 0.4) is 0 Å². The van der Waals surface area contributed by atoms with Crippen LogP contribution in [0.25, 0.3) is 0 Å². The van der Waals surface area contributed by atoms with E-state index in [9.17, 15) is 12.8 Å². The van der Waals surface area contributed by atoms with E-state index in [0.717, 1.165) is 31.4 Å². The van der Waals surface area contributed by atoms with Crippen LogP contribution in [0, 0.1) is 11.7 Å². The minimum absolute atomic E-state index is 0. The van der Waals surface area contributed by atoms with E-state index in [1.165, 1.54) is 36.4 Å². The minimum Gasteiger partial charge on any atom is -0.490 e. The highest BCUT2D eigenvalue weighted by molar-refractivity contribution is 7.89. The summed E-state index contributed by atoms with van der Waals surface area (Å²) in [6.07, 6.45) is 4.12. The molecular formula is C18H28ClFN2O4S. The Morgan fingerprint density at radius 2 is 1.89 bits per heavy atom. The highest BCUT2D eigenvalue weighted by Crippen LogP contribution is 2.30. The number of methoxy groups -OCH3 is 1. The predicted octanol–water partition coefficient (Wildman–Crippen LogP) is 2.43. The van der Waals surface area contributed by atoms with Crippen molar-refractivity contribution in [3.8, 4) is 5.75 Å². The largest absolute Gasteiger partial charge is 0.490 e. The minimum atomic E-state index is -3.79. The fourth-order valence-electron chi connectivity index (χ4n) is 3.13. The van der Waals surface area contributed by atoms with Gasteiger partial charge in [-0.05, 0) is 56.3 Å². The predicted molar refractivity (Wildman–Crippen MR) is 104 cm³/mol. The standard InChI is InChI=1S/C18H27FN2O4S.ClH/c1-24-10-11-25-17-5-4-15(19)12-18(17)26(22,23)21-8-6-16(7-9-21)20-13-14-2-3-14;/h4-5,12,14,16,20H,2-3,6-11,13H2,1H3;1H. The first-order chi connectivity index (χ1) is 12.5. The van der Waals surface area contributed by atoms with Gasteiger partial charge in [-0.1, -0.05) is 0 Å². The number of hydrogen-bond acceptors (Lipinski definition) is 5. The molecule has 1 saturated heterocycles. The van der Waals surface area contributed by atoms with Crippen molar-refractivity contribution in [2.45, 2.75) is 36.6 Å². The molecule has 1 saturated carbocycles. The van der Waals surface area contributed by atoms with Crippen LogP contribution in [-0.4, -0.2) is 58.7 Å². The van der Waals surface area contributed by atoms with Gasteiger partial charge in [-0.3, -0.25) is 0 Å². The van der Waals surface area contributed by atoms with Crippen LogP contribution in [0.4, 0.5) is 4.39 Å². The van der Waals surface area contributed by atoms with Crippen molar-refractivity contribution in [2.24, 2.45) is 5.92 Å². The molecule has 1 aromatic rings. The molecule has 0 atom stereocenters. The number of benzene rings is 1. The van der Waals surface area contributed by atoms with Gasteiger partial charge < -0.3 is 14.8 Å². The number of hydrogen-bond donors (Lipinski definition) is 1. The zero-order valence-electron chi connectivity index (χ0n) is 15.5. The molecule has 2 fully saturated rings. The molecule has 1 heterocycles. The topological polar surface area (TPSA) is 67.9 Å². The normalized spacial score (nSPS) is 18.9. The van der Waals surface area contributed by atoms with Crippen LogP contribution < -0.4 is 10.1 Å². The Labute approximate surface area is 166 Å². The van der Waals surface area contributed by atoms with E-state index in [1.807, 2.05) is 0 Å². The number of rotatable bonds is 9.